The third-order valence-corrected chi connectivity index (χ3v) is 0.727. The SMILES string of the molecule is CC(C)(C)NC(=O)OC(=O)Cl. The molecule has 0 aliphatic carbocycles. The summed E-state index contributed by atoms with van der Waals surface area (Å²) in [6.45, 7) is 5.27. The molecule has 64 valence electrons. The van der Waals surface area contributed by atoms with Crippen LogP contribution in [0.5, 0.6) is 0 Å². The van der Waals surface area contributed by atoms with Gasteiger partial charge in [0.25, 0.3) is 0 Å². The van der Waals surface area contributed by atoms with Gasteiger partial charge in [0, 0.05) is 17.1 Å². The topological polar surface area (TPSA) is 55.4 Å². The Morgan fingerprint density at radius 1 is 1.36 bits per heavy atom. The number of carbonyl (C=O) groups is 2. The largest absolute Gasteiger partial charge is 0.416 e. The molecule has 0 heterocycles. The zero-order valence-electron chi connectivity index (χ0n) is 6.60. The summed E-state index contributed by atoms with van der Waals surface area (Å²) < 4.78 is 4.00. The number of amides is 1. The van der Waals surface area contributed by atoms with E-state index in [-0.39, 0.29) is 0 Å². The number of nitrogens with one attached hydrogen (secondary N) is 1. The highest BCUT2D eigenvalue weighted by Crippen LogP contribution is 1.99. The maximum Gasteiger partial charge on any atom is 0.416 e. The van der Waals surface area contributed by atoms with Crippen LogP contribution in [0.25, 0.3) is 0 Å². The molecule has 0 aliphatic heterocycles. The van der Waals surface area contributed by atoms with E-state index in [2.05, 4.69) is 10.1 Å². The van der Waals surface area contributed by atoms with E-state index in [1.807, 2.05) is 0 Å². The molecule has 0 spiro atoms. The first-order valence-corrected chi connectivity index (χ1v) is 3.38. The summed E-state index contributed by atoms with van der Waals surface area (Å²) in [5, 5.41) is 2.38. The summed E-state index contributed by atoms with van der Waals surface area (Å²) in [5.41, 5.74) is -1.56. The Bertz CT molecular complexity index is 173. The molecule has 0 saturated carbocycles. The third kappa shape index (κ3) is 7.12. The van der Waals surface area contributed by atoms with Crippen molar-refractivity contribution in [3.05, 3.63) is 0 Å². The molecule has 0 aromatic rings. The quantitative estimate of drug-likeness (QED) is 0.456. The number of hydrogen-bond donors (Lipinski definition) is 1. The van der Waals surface area contributed by atoms with Crippen molar-refractivity contribution in [3.8, 4) is 0 Å². The van der Waals surface area contributed by atoms with Gasteiger partial charge in [-0.3, -0.25) is 0 Å². The summed E-state index contributed by atoms with van der Waals surface area (Å²) in [7, 11) is 0. The first-order valence-electron chi connectivity index (χ1n) is 3.01. The zero-order valence-corrected chi connectivity index (χ0v) is 7.36. The lowest BCUT2D eigenvalue weighted by atomic mass is 10.1. The van der Waals surface area contributed by atoms with Gasteiger partial charge in [0.05, 0.1) is 0 Å². The van der Waals surface area contributed by atoms with E-state index in [9.17, 15) is 9.59 Å². The number of alkyl carbamates (subject to hydrolysis) is 1. The van der Waals surface area contributed by atoms with Gasteiger partial charge in [-0.05, 0) is 20.8 Å². The molecule has 1 amide bonds. The van der Waals surface area contributed by atoms with Crippen molar-refractivity contribution in [1.29, 1.82) is 0 Å². The fourth-order valence-electron chi connectivity index (χ4n) is 0.405. The van der Waals surface area contributed by atoms with Gasteiger partial charge in [-0.25, -0.2) is 9.59 Å². The minimum Gasteiger partial charge on any atom is -0.364 e. The summed E-state index contributed by atoms with van der Waals surface area (Å²) >= 11 is 4.78. The number of ether oxygens (including phenoxy) is 1. The molecule has 0 rings (SSSR count). The van der Waals surface area contributed by atoms with Crippen molar-refractivity contribution in [3.63, 3.8) is 0 Å². The molecule has 0 aromatic carbocycles. The van der Waals surface area contributed by atoms with Crippen LogP contribution in [0.15, 0.2) is 0 Å². The van der Waals surface area contributed by atoms with E-state index in [0.29, 0.717) is 0 Å². The van der Waals surface area contributed by atoms with E-state index in [1.54, 1.807) is 20.8 Å². The van der Waals surface area contributed by atoms with Gasteiger partial charge in [-0.1, -0.05) is 0 Å². The van der Waals surface area contributed by atoms with Gasteiger partial charge in [-0.15, -0.1) is 0 Å². The Balaban J connectivity index is 3.80. The second kappa shape index (κ2) is 3.57. The van der Waals surface area contributed by atoms with Crippen LogP contribution in [0, 0.1) is 0 Å². The van der Waals surface area contributed by atoms with Gasteiger partial charge in [0.2, 0.25) is 0 Å². The van der Waals surface area contributed by atoms with Crippen molar-refractivity contribution in [2.24, 2.45) is 0 Å². The van der Waals surface area contributed by atoms with Crippen LogP contribution in [0.1, 0.15) is 20.8 Å². The van der Waals surface area contributed by atoms with Crippen molar-refractivity contribution in [2.45, 2.75) is 26.3 Å². The highest BCUT2D eigenvalue weighted by Gasteiger charge is 2.16. The van der Waals surface area contributed by atoms with Crippen LogP contribution in [-0.4, -0.2) is 17.1 Å². The molecular formula is C6H10ClNO3. The standard InChI is InChI=1S/C6H10ClNO3/c1-6(2,3)8-5(10)11-4(7)9/h1-3H3,(H,8,10). The van der Waals surface area contributed by atoms with Crippen LogP contribution in [0.2, 0.25) is 0 Å². The van der Waals surface area contributed by atoms with Crippen molar-refractivity contribution < 1.29 is 14.3 Å². The van der Waals surface area contributed by atoms with Gasteiger partial charge in [0.1, 0.15) is 0 Å². The van der Waals surface area contributed by atoms with Gasteiger partial charge < -0.3 is 10.1 Å². The molecule has 4 nitrogen and oxygen atoms in total. The smallest absolute Gasteiger partial charge is 0.364 e. The second-order valence-corrected chi connectivity index (χ2v) is 3.31. The lowest BCUT2D eigenvalue weighted by Gasteiger charge is -2.18. The molecular weight excluding hydrogens is 170 g/mol. The maximum absolute atomic E-state index is 10.6. The lowest BCUT2D eigenvalue weighted by Crippen LogP contribution is -2.41. The zero-order chi connectivity index (χ0) is 9.07. The Labute approximate surface area is 69.9 Å². The molecule has 1 N–H and O–H groups in total. The highest BCUT2D eigenvalue weighted by molar-refractivity contribution is 6.61. The van der Waals surface area contributed by atoms with Gasteiger partial charge >= 0.3 is 11.5 Å². The van der Waals surface area contributed by atoms with Crippen LogP contribution < -0.4 is 5.32 Å². The second-order valence-electron chi connectivity index (χ2n) is 3.00. The highest BCUT2D eigenvalue weighted by atomic mass is 35.5. The molecule has 0 radical (unpaired) electrons. The number of rotatable bonds is 0. The summed E-state index contributed by atoms with van der Waals surface area (Å²) in [6, 6.07) is 0. The molecule has 0 fully saturated rings. The predicted molar refractivity (Wildman–Crippen MR) is 40.6 cm³/mol. The van der Waals surface area contributed by atoms with E-state index in [4.69, 9.17) is 11.6 Å². The molecule has 0 saturated heterocycles. The van der Waals surface area contributed by atoms with Crippen LogP contribution in [-0.2, 0) is 4.74 Å². The number of carbonyl (C=O) groups excluding carboxylic acids is 2. The maximum atomic E-state index is 10.6. The lowest BCUT2D eigenvalue weighted by molar-refractivity contribution is 0.159. The molecule has 0 aromatic heterocycles. The van der Waals surface area contributed by atoms with Crippen LogP contribution >= 0.6 is 11.6 Å². The minimum absolute atomic E-state index is 0.427. The number of hydrogen-bond acceptors (Lipinski definition) is 3. The molecule has 11 heavy (non-hydrogen) atoms. The van der Waals surface area contributed by atoms with E-state index >= 15 is 0 Å². The van der Waals surface area contributed by atoms with Crippen molar-refractivity contribution in [2.75, 3.05) is 0 Å². The first kappa shape index (κ1) is 10.2. The molecule has 0 aliphatic rings. The number of halogens is 1. The van der Waals surface area contributed by atoms with Gasteiger partial charge in [0.15, 0.2) is 0 Å². The summed E-state index contributed by atoms with van der Waals surface area (Å²) in [6.07, 6.45) is -0.836. The summed E-state index contributed by atoms with van der Waals surface area (Å²) in [5.74, 6) is 0. The van der Waals surface area contributed by atoms with Crippen molar-refractivity contribution >= 4 is 23.1 Å². The fraction of sp³-hybridized carbons (Fsp3) is 0.667. The summed E-state index contributed by atoms with van der Waals surface area (Å²) in [4.78, 5) is 20.7. The molecule has 5 heteroatoms. The van der Waals surface area contributed by atoms with E-state index in [1.165, 1.54) is 0 Å². The van der Waals surface area contributed by atoms with Crippen LogP contribution in [0.3, 0.4) is 0 Å². The molecule has 0 unspecified atom stereocenters. The molecule has 0 atom stereocenters. The average Bonchev–Trinajstić information content (AvgIpc) is 1.53. The predicted octanol–water partition coefficient (Wildman–Crippen LogP) is 1.87. The van der Waals surface area contributed by atoms with Crippen LogP contribution in [0.4, 0.5) is 9.59 Å². The Morgan fingerprint density at radius 2 is 1.82 bits per heavy atom. The monoisotopic (exact) mass is 179 g/mol. The van der Waals surface area contributed by atoms with E-state index in [0.717, 1.165) is 0 Å². The first-order chi connectivity index (χ1) is 4.81. The van der Waals surface area contributed by atoms with E-state index < -0.39 is 17.1 Å². The third-order valence-electron chi connectivity index (χ3n) is 0.650. The average molecular weight is 180 g/mol. The normalized spacial score (nSPS) is 10.5. The fourth-order valence-corrected chi connectivity index (χ4v) is 0.475. The molecule has 0 bridgehead atoms. The Morgan fingerprint density at radius 3 is 2.09 bits per heavy atom. The minimum atomic E-state index is -1.13. The Hall–Kier alpha value is -0.770. The van der Waals surface area contributed by atoms with Crippen molar-refractivity contribution in [1.82, 2.24) is 5.32 Å². The van der Waals surface area contributed by atoms with Gasteiger partial charge in [-0.2, -0.15) is 0 Å². The Kier molecular flexibility index (Phi) is 3.32.